The fourth-order valence-corrected chi connectivity index (χ4v) is 5.21. The number of nitriles is 1. The molecule has 1 nitrogen and oxygen atoms in total. The monoisotopic (exact) mass is 309 g/mol. The SMILES string of the molecule is CCCC1CCC(C2CCC(c3ccccc3C#N)CC2)CC1. The molecule has 1 aromatic carbocycles. The molecule has 2 aliphatic rings. The molecule has 2 saturated carbocycles. The van der Waals surface area contributed by atoms with Gasteiger partial charge in [0.1, 0.15) is 0 Å². The molecule has 0 aromatic heterocycles. The summed E-state index contributed by atoms with van der Waals surface area (Å²) >= 11 is 0. The van der Waals surface area contributed by atoms with Crippen molar-refractivity contribution in [2.24, 2.45) is 17.8 Å². The highest BCUT2D eigenvalue weighted by Crippen LogP contribution is 2.44. The molecule has 0 spiro atoms. The highest BCUT2D eigenvalue weighted by atomic mass is 14.4. The highest BCUT2D eigenvalue weighted by Gasteiger charge is 2.31. The number of rotatable bonds is 4. The van der Waals surface area contributed by atoms with E-state index in [4.69, 9.17) is 0 Å². The van der Waals surface area contributed by atoms with Gasteiger partial charge in [-0.2, -0.15) is 5.26 Å². The Morgan fingerprint density at radius 2 is 1.52 bits per heavy atom. The van der Waals surface area contributed by atoms with Gasteiger partial charge in [-0.25, -0.2) is 0 Å². The highest BCUT2D eigenvalue weighted by molar-refractivity contribution is 5.39. The van der Waals surface area contributed by atoms with Gasteiger partial charge in [0.25, 0.3) is 0 Å². The average molecular weight is 309 g/mol. The maximum Gasteiger partial charge on any atom is 0.0994 e. The standard InChI is InChI=1S/C22H31N/c1-2-5-17-8-10-18(11-9-17)19-12-14-20(15-13-19)22-7-4-3-6-21(22)16-23/h3-4,6-7,17-20H,2,5,8-15H2,1H3. The lowest BCUT2D eigenvalue weighted by Gasteiger charge is -2.38. The molecule has 124 valence electrons. The van der Waals surface area contributed by atoms with E-state index in [-0.39, 0.29) is 0 Å². The predicted octanol–water partition coefficient (Wildman–Crippen LogP) is 6.44. The van der Waals surface area contributed by atoms with E-state index in [1.807, 2.05) is 12.1 Å². The van der Waals surface area contributed by atoms with Crippen molar-refractivity contribution in [2.75, 3.05) is 0 Å². The third kappa shape index (κ3) is 3.97. The van der Waals surface area contributed by atoms with Gasteiger partial charge < -0.3 is 0 Å². The second kappa shape index (κ2) is 8.00. The van der Waals surface area contributed by atoms with Crippen LogP contribution in [0.5, 0.6) is 0 Å². The zero-order chi connectivity index (χ0) is 16.1. The molecule has 0 aliphatic heterocycles. The lowest BCUT2D eigenvalue weighted by atomic mass is 9.67. The van der Waals surface area contributed by atoms with Crippen LogP contribution in [-0.4, -0.2) is 0 Å². The summed E-state index contributed by atoms with van der Waals surface area (Å²) in [6.07, 6.45) is 14.1. The van der Waals surface area contributed by atoms with Crippen molar-refractivity contribution in [3.63, 3.8) is 0 Å². The first-order chi connectivity index (χ1) is 11.3. The summed E-state index contributed by atoms with van der Waals surface area (Å²) in [5.74, 6) is 3.60. The molecular formula is C22H31N. The smallest absolute Gasteiger partial charge is 0.0994 e. The van der Waals surface area contributed by atoms with Crippen molar-refractivity contribution in [2.45, 2.75) is 77.0 Å². The molecule has 0 bridgehead atoms. The molecule has 0 heterocycles. The van der Waals surface area contributed by atoms with Crippen molar-refractivity contribution in [1.82, 2.24) is 0 Å². The van der Waals surface area contributed by atoms with Crippen LogP contribution >= 0.6 is 0 Å². The third-order valence-corrected chi connectivity index (χ3v) is 6.55. The molecule has 1 aromatic rings. The number of hydrogen-bond donors (Lipinski definition) is 0. The molecule has 3 rings (SSSR count). The lowest BCUT2D eigenvalue weighted by molar-refractivity contribution is 0.156. The van der Waals surface area contributed by atoms with Gasteiger partial charge in [0.15, 0.2) is 0 Å². The van der Waals surface area contributed by atoms with Crippen LogP contribution in [0.2, 0.25) is 0 Å². The van der Waals surface area contributed by atoms with Gasteiger partial charge in [0, 0.05) is 0 Å². The Labute approximate surface area is 142 Å². The van der Waals surface area contributed by atoms with Crippen molar-refractivity contribution >= 4 is 0 Å². The maximum atomic E-state index is 9.32. The third-order valence-electron chi connectivity index (χ3n) is 6.55. The Bertz CT molecular complexity index is 525. The van der Waals surface area contributed by atoms with Crippen molar-refractivity contribution in [3.05, 3.63) is 35.4 Å². The van der Waals surface area contributed by atoms with Gasteiger partial charge in [-0.1, -0.05) is 50.8 Å². The molecule has 0 amide bonds. The Morgan fingerprint density at radius 1 is 0.913 bits per heavy atom. The van der Waals surface area contributed by atoms with Gasteiger partial charge in [-0.05, 0) is 73.8 Å². The van der Waals surface area contributed by atoms with E-state index in [0.29, 0.717) is 5.92 Å². The molecule has 2 fully saturated rings. The topological polar surface area (TPSA) is 23.8 Å². The summed E-state index contributed by atoms with van der Waals surface area (Å²) in [5, 5.41) is 9.32. The Hall–Kier alpha value is -1.29. The van der Waals surface area contributed by atoms with Crippen LogP contribution < -0.4 is 0 Å². The quantitative estimate of drug-likeness (QED) is 0.628. The van der Waals surface area contributed by atoms with Crippen LogP contribution in [0, 0.1) is 29.1 Å². The summed E-state index contributed by atoms with van der Waals surface area (Å²) in [6.45, 7) is 2.33. The summed E-state index contributed by atoms with van der Waals surface area (Å²) in [6, 6.07) is 10.6. The molecule has 0 atom stereocenters. The van der Waals surface area contributed by atoms with Crippen LogP contribution in [0.1, 0.15) is 88.2 Å². The first-order valence-electron chi connectivity index (χ1n) is 9.80. The summed E-state index contributed by atoms with van der Waals surface area (Å²) in [7, 11) is 0. The van der Waals surface area contributed by atoms with Crippen LogP contribution in [0.3, 0.4) is 0 Å². The zero-order valence-electron chi connectivity index (χ0n) is 14.6. The minimum absolute atomic E-state index is 0.624. The van der Waals surface area contributed by atoms with Gasteiger partial charge in [0.05, 0.1) is 11.6 Å². The largest absolute Gasteiger partial charge is 0.192 e. The maximum absolute atomic E-state index is 9.32. The summed E-state index contributed by atoms with van der Waals surface area (Å²) in [5.41, 5.74) is 2.20. The normalized spacial score (nSPS) is 31.5. The fraction of sp³-hybridized carbons (Fsp3) is 0.682. The molecule has 0 radical (unpaired) electrons. The van der Waals surface area contributed by atoms with Crippen LogP contribution in [0.25, 0.3) is 0 Å². The zero-order valence-corrected chi connectivity index (χ0v) is 14.6. The number of nitrogens with zero attached hydrogens (tertiary/aromatic N) is 1. The number of hydrogen-bond acceptors (Lipinski definition) is 1. The second-order valence-corrected chi connectivity index (χ2v) is 7.88. The van der Waals surface area contributed by atoms with E-state index in [1.54, 1.807) is 0 Å². The molecule has 0 unspecified atom stereocenters. The van der Waals surface area contributed by atoms with E-state index in [9.17, 15) is 5.26 Å². The first kappa shape index (κ1) is 16.6. The lowest BCUT2D eigenvalue weighted by Crippen LogP contribution is -2.25. The van der Waals surface area contributed by atoms with Crippen molar-refractivity contribution in [3.8, 4) is 6.07 Å². The average Bonchev–Trinajstić information content (AvgIpc) is 2.63. The fourth-order valence-electron chi connectivity index (χ4n) is 5.21. The first-order valence-corrected chi connectivity index (χ1v) is 9.80. The molecule has 0 saturated heterocycles. The summed E-state index contributed by atoms with van der Waals surface area (Å²) < 4.78 is 0. The minimum Gasteiger partial charge on any atom is -0.192 e. The van der Waals surface area contributed by atoms with E-state index >= 15 is 0 Å². The van der Waals surface area contributed by atoms with E-state index in [1.165, 1.54) is 69.8 Å². The Balaban J connectivity index is 1.52. The van der Waals surface area contributed by atoms with Crippen molar-refractivity contribution < 1.29 is 0 Å². The van der Waals surface area contributed by atoms with E-state index < -0.39 is 0 Å². The predicted molar refractivity (Wildman–Crippen MR) is 96.2 cm³/mol. The van der Waals surface area contributed by atoms with Gasteiger partial charge in [-0.15, -0.1) is 0 Å². The minimum atomic E-state index is 0.624. The van der Waals surface area contributed by atoms with E-state index in [0.717, 1.165) is 23.3 Å². The Kier molecular flexibility index (Phi) is 5.76. The number of benzene rings is 1. The van der Waals surface area contributed by atoms with Crippen LogP contribution in [-0.2, 0) is 0 Å². The Morgan fingerprint density at radius 3 is 2.13 bits per heavy atom. The second-order valence-electron chi connectivity index (χ2n) is 7.88. The van der Waals surface area contributed by atoms with Gasteiger partial charge >= 0.3 is 0 Å². The van der Waals surface area contributed by atoms with Crippen molar-refractivity contribution in [1.29, 1.82) is 5.26 Å². The molecule has 1 heteroatoms. The van der Waals surface area contributed by atoms with E-state index in [2.05, 4.69) is 25.1 Å². The molecule has 2 aliphatic carbocycles. The molecule has 0 N–H and O–H groups in total. The molecular weight excluding hydrogens is 278 g/mol. The van der Waals surface area contributed by atoms with Crippen LogP contribution in [0.15, 0.2) is 24.3 Å². The molecule has 23 heavy (non-hydrogen) atoms. The summed E-state index contributed by atoms with van der Waals surface area (Å²) in [4.78, 5) is 0. The van der Waals surface area contributed by atoms with Gasteiger partial charge in [0.2, 0.25) is 0 Å². The van der Waals surface area contributed by atoms with Gasteiger partial charge in [-0.3, -0.25) is 0 Å². The van der Waals surface area contributed by atoms with Crippen LogP contribution in [0.4, 0.5) is 0 Å².